The molecule has 3 heterocycles. The monoisotopic (exact) mass is 331 g/mol. The van der Waals surface area contributed by atoms with Gasteiger partial charge in [-0.05, 0) is 0 Å². The van der Waals surface area contributed by atoms with E-state index in [-0.39, 0.29) is 24.6 Å². The molecule has 0 unspecified atom stereocenters. The van der Waals surface area contributed by atoms with E-state index in [0.29, 0.717) is 5.65 Å². The van der Waals surface area contributed by atoms with Gasteiger partial charge in [0.15, 0.2) is 17.5 Å². The minimum atomic E-state index is -4.21. The highest BCUT2D eigenvalue weighted by Gasteiger charge is 2.32. The number of hydrogen-bond acceptors (Lipinski definition) is 7. The average Bonchev–Trinajstić information content (AvgIpc) is 2.96. The van der Waals surface area contributed by atoms with Crippen LogP contribution in [0.3, 0.4) is 0 Å². The van der Waals surface area contributed by atoms with E-state index in [1.54, 1.807) is 4.57 Å². The van der Waals surface area contributed by atoms with Crippen LogP contribution < -0.4 is 11.3 Å². The molecular formula is C10H14N5O6P. The van der Waals surface area contributed by atoms with Crippen LogP contribution in [0.5, 0.6) is 0 Å². The number of rotatable bonds is 4. The van der Waals surface area contributed by atoms with Crippen molar-refractivity contribution in [1.29, 1.82) is 0 Å². The maximum atomic E-state index is 11.7. The number of aromatic nitrogens is 4. The molecule has 2 aromatic rings. The van der Waals surface area contributed by atoms with Crippen LogP contribution in [0.25, 0.3) is 11.2 Å². The number of nitrogen functional groups attached to an aromatic ring is 1. The average molecular weight is 331 g/mol. The second-order valence-corrected chi connectivity index (χ2v) is 6.58. The van der Waals surface area contributed by atoms with Crippen molar-refractivity contribution in [3.63, 3.8) is 0 Å². The predicted octanol–water partition coefficient (Wildman–Crippen LogP) is -1.38. The third-order valence-corrected chi connectivity index (χ3v) is 3.87. The quantitative estimate of drug-likeness (QED) is 0.494. The number of anilines is 1. The van der Waals surface area contributed by atoms with Crippen molar-refractivity contribution in [2.24, 2.45) is 0 Å². The molecule has 5 N–H and O–H groups in total. The van der Waals surface area contributed by atoms with E-state index in [1.165, 1.54) is 6.33 Å². The topological polar surface area (TPSA) is 166 Å². The zero-order valence-corrected chi connectivity index (χ0v) is 12.1. The molecule has 2 aromatic heterocycles. The lowest BCUT2D eigenvalue weighted by Crippen LogP contribution is -2.21. The number of imidazole rings is 1. The molecule has 0 bridgehead atoms. The highest BCUT2D eigenvalue weighted by Crippen LogP contribution is 2.37. The second kappa shape index (κ2) is 5.45. The van der Waals surface area contributed by atoms with E-state index < -0.39 is 31.7 Å². The minimum absolute atomic E-state index is 0.0257. The van der Waals surface area contributed by atoms with Gasteiger partial charge >= 0.3 is 7.60 Å². The molecule has 0 amide bonds. The lowest BCUT2D eigenvalue weighted by molar-refractivity contribution is -0.0442. The van der Waals surface area contributed by atoms with Crippen molar-refractivity contribution in [2.75, 3.05) is 18.5 Å². The van der Waals surface area contributed by atoms with E-state index in [0.717, 1.165) is 0 Å². The molecule has 120 valence electrons. The third kappa shape index (κ3) is 3.18. The van der Waals surface area contributed by atoms with Crippen LogP contribution in [0.1, 0.15) is 0 Å². The first-order valence-corrected chi connectivity index (χ1v) is 8.14. The summed E-state index contributed by atoms with van der Waals surface area (Å²) in [5.74, 6) is -0.0257. The number of nitrogens with two attached hydrogens (primary N) is 1. The van der Waals surface area contributed by atoms with Crippen LogP contribution in [-0.2, 0) is 20.6 Å². The van der Waals surface area contributed by atoms with Crippen LogP contribution in [0.4, 0.5) is 5.95 Å². The number of nitrogens with zero attached hydrogens (tertiary/aromatic N) is 3. The number of fused-ring (bicyclic) bond motifs is 1. The fourth-order valence-electron chi connectivity index (χ4n) is 2.22. The summed E-state index contributed by atoms with van der Waals surface area (Å²) in [6.07, 6.45) is -0.469. The molecule has 0 saturated carbocycles. The fourth-order valence-corrected chi connectivity index (χ4v) is 2.80. The molecule has 11 nitrogen and oxygen atoms in total. The molecule has 12 heteroatoms. The van der Waals surface area contributed by atoms with Crippen molar-refractivity contribution < 1.29 is 23.8 Å². The fraction of sp³-hybridized carbons (Fsp3) is 0.500. The van der Waals surface area contributed by atoms with Gasteiger partial charge in [0.1, 0.15) is 12.3 Å². The Bertz CT molecular complexity index is 797. The van der Waals surface area contributed by atoms with Gasteiger partial charge in [-0.15, -0.1) is 0 Å². The molecule has 1 aliphatic heterocycles. The first-order valence-electron chi connectivity index (χ1n) is 6.34. The highest BCUT2D eigenvalue weighted by atomic mass is 31.2. The third-order valence-electron chi connectivity index (χ3n) is 3.09. The smallest absolute Gasteiger partial charge is 0.330 e. The van der Waals surface area contributed by atoms with Gasteiger partial charge in [0.2, 0.25) is 5.95 Å². The van der Waals surface area contributed by atoms with Gasteiger partial charge in [0, 0.05) is 0 Å². The van der Waals surface area contributed by atoms with Crippen LogP contribution in [0, 0.1) is 0 Å². The Kier molecular flexibility index (Phi) is 3.75. The highest BCUT2D eigenvalue weighted by molar-refractivity contribution is 7.51. The van der Waals surface area contributed by atoms with Crippen LogP contribution in [-0.4, -0.2) is 54.5 Å². The normalized spacial score (nSPS) is 22.5. The molecule has 22 heavy (non-hydrogen) atoms. The summed E-state index contributed by atoms with van der Waals surface area (Å²) >= 11 is 0. The van der Waals surface area contributed by atoms with Gasteiger partial charge in [-0.1, -0.05) is 0 Å². The van der Waals surface area contributed by atoms with E-state index in [1.807, 2.05) is 0 Å². The first-order chi connectivity index (χ1) is 10.3. The number of H-pyrrole nitrogens is 1. The maximum Gasteiger partial charge on any atom is 0.330 e. The largest absolute Gasteiger partial charge is 0.369 e. The Labute approximate surface area is 123 Å². The summed E-state index contributed by atoms with van der Waals surface area (Å²) in [4.78, 5) is 39.8. The predicted molar refractivity (Wildman–Crippen MR) is 74.1 cm³/mol. The summed E-state index contributed by atoms with van der Waals surface area (Å²) < 4.78 is 23.1. The molecule has 1 saturated heterocycles. The lowest BCUT2D eigenvalue weighted by atomic mass is 10.4. The Morgan fingerprint density at radius 2 is 2.32 bits per heavy atom. The summed E-state index contributed by atoms with van der Waals surface area (Å²) in [7, 11) is -4.21. The maximum absolute atomic E-state index is 11.7. The molecule has 1 fully saturated rings. The van der Waals surface area contributed by atoms with Crippen molar-refractivity contribution >= 4 is 24.7 Å². The van der Waals surface area contributed by atoms with Gasteiger partial charge in [0.25, 0.3) is 5.56 Å². The number of nitrogens with one attached hydrogen (secondary N) is 1. The summed E-state index contributed by atoms with van der Waals surface area (Å²) in [5, 5.41) is 0. The van der Waals surface area contributed by atoms with Gasteiger partial charge in [-0.25, -0.2) is 4.98 Å². The number of aromatic amines is 1. The van der Waals surface area contributed by atoms with Crippen molar-refractivity contribution in [3.8, 4) is 0 Å². The van der Waals surface area contributed by atoms with E-state index in [4.69, 9.17) is 25.0 Å². The van der Waals surface area contributed by atoms with Gasteiger partial charge in [-0.2, -0.15) is 4.98 Å². The Morgan fingerprint density at radius 3 is 3.05 bits per heavy atom. The van der Waals surface area contributed by atoms with E-state index >= 15 is 0 Å². The molecule has 0 aliphatic carbocycles. The van der Waals surface area contributed by atoms with E-state index in [9.17, 15) is 9.36 Å². The Hall–Kier alpha value is -1.78. The molecule has 2 atom stereocenters. The van der Waals surface area contributed by atoms with Crippen molar-refractivity contribution in [3.05, 3.63) is 16.7 Å². The van der Waals surface area contributed by atoms with Crippen LogP contribution in [0.15, 0.2) is 11.1 Å². The van der Waals surface area contributed by atoms with E-state index in [2.05, 4.69) is 15.0 Å². The van der Waals surface area contributed by atoms with Crippen LogP contribution >= 0.6 is 7.60 Å². The minimum Gasteiger partial charge on any atom is -0.369 e. The molecule has 0 spiro atoms. The zero-order chi connectivity index (χ0) is 15.9. The van der Waals surface area contributed by atoms with Crippen molar-refractivity contribution in [1.82, 2.24) is 19.5 Å². The zero-order valence-electron chi connectivity index (χ0n) is 11.2. The van der Waals surface area contributed by atoms with Gasteiger partial charge in [-0.3, -0.25) is 14.3 Å². The second-order valence-electron chi connectivity index (χ2n) is 4.89. The first kappa shape index (κ1) is 15.1. The van der Waals surface area contributed by atoms with Crippen molar-refractivity contribution in [2.45, 2.75) is 18.9 Å². The molecular weight excluding hydrogens is 317 g/mol. The molecule has 0 radical (unpaired) electrons. The van der Waals surface area contributed by atoms with Crippen LogP contribution in [0.2, 0.25) is 0 Å². The molecule has 0 aromatic carbocycles. The summed E-state index contributed by atoms with van der Waals surface area (Å²) in [6.45, 7) is 0.438. The standard InChI is InChI=1S/C10H14N5O6P/c11-10-13-8-7(9(16)14-10)12-4-15(8)1-5-2-20-6(21-5)3-22(17,18)19/h4-6H,1-3H2,(H2,17,18,19)(H3,11,13,14,16)/t5-,6-/m1/s1. The molecule has 1 aliphatic rings. The lowest BCUT2D eigenvalue weighted by Gasteiger charge is -2.12. The SMILES string of the molecule is Nc1nc2c(ncn2C[C@@H]2CO[C@@H](CP(=O)(O)O)O2)c(=O)[nH]1. The summed E-state index contributed by atoms with van der Waals surface area (Å²) in [5.41, 5.74) is 5.52. The van der Waals surface area contributed by atoms with Gasteiger partial charge < -0.3 is 29.6 Å². The number of ether oxygens (including phenoxy) is 2. The van der Waals surface area contributed by atoms with Gasteiger partial charge in [0.05, 0.1) is 19.5 Å². The Morgan fingerprint density at radius 1 is 1.55 bits per heavy atom. The number of hydrogen-bond donors (Lipinski definition) is 4. The molecule has 3 rings (SSSR count). The Balaban J connectivity index is 1.75. The summed E-state index contributed by atoms with van der Waals surface area (Å²) in [6, 6.07) is 0.